The topological polar surface area (TPSA) is 49.4 Å². The highest BCUT2D eigenvalue weighted by Gasteiger charge is 2.27. The lowest BCUT2D eigenvalue weighted by atomic mass is 9.95. The first-order valence-corrected chi connectivity index (χ1v) is 9.29. The van der Waals surface area contributed by atoms with Crippen LogP contribution in [0.4, 0.5) is 5.69 Å². The van der Waals surface area contributed by atoms with Crippen molar-refractivity contribution >= 4 is 29.1 Å². The number of likely N-dealkylation sites (tertiary alicyclic amines) is 1. The Labute approximate surface area is 159 Å². The molecule has 1 aliphatic rings. The zero-order valence-electron chi connectivity index (χ0n) is 14.9. The van der Waals surface area contributed by atoms with E-state index < -0.39 is 0 Å². The van der Waals surface area contributed by atoms with Crippen LogP contribution in [-0.4, -0.2) is 29.8 Å². The quantitative estimate of drug-likeness (QED) is 0.882. The van der Waals surface area contributed by atoms with Gasteiger partial charge in [0.1, 0.15) is 0 Å². The van der Waals surface area contributed by atoms with E-state index in [2.05, 4.69) is 5.32 Å². The van der Waals surface area contributed by atoms with E-state index in [1.54, 1.807) is 12.1 Å². The summed E-state index contributed by atoms with van der Waals surface area (Å²) in [7, 11) is 0. The Bertz CT molecular complexity index is 798. The maximum absolute atomic E-state index is 12.5. The molecule has 2 amide bonds. The van der Waals surface area contributed by atoms with Crippen LogP contribution in [0.15, 0.2) is 48.5 Å². The van der Waals surface area contributed by atoms with Crippen molar-refractivity contribution in [2.24, 2.45) is 5.92 Å². The highest BCUT2D eigenvalue weighted by molar-refractivity contribution is 6.30. The number of benzene rings is 2. The Morgan fingerprint density at radius 2 is 1.85 bits per heavy atom. The molecule has 1 N–H and O–H groups in total. The zero-order chi connectivity index (χ0) is 18.5. The SMILES string of the molecule is Cc1ccccc1CC(=O)N1CCC(C(=O)Nc2cccc(Cl)c2)CC1. The summed E-state index contributed by atoms with van der Waals surface area (Å²) < 4.78 is 0. The van der Waals surface area contributed by atoms with Crippen LogP contribution in [0.3, 0.4) is 0 Å². The predicted molar refractivity (Wildman–Crippen MR) is 104 cm³/mol. The summed E-state index contributed by atoms with van der Waals surface area (Å²) in [6.45, 7) is 3.27. The highest BCUT2D eigenvalue weighted by atomic mass is 35.5. The average Bonchev–Trinajstić information content (AvgIpc) is 2.64. The Balaban J connectivity index is 1.51. The number of carbonyl (C=O) groups excluding carboxylic acids is 2. The van der Waals surface area contributed by atoms with Crippen molar-refractivity contribution < 1.29 is 9.59 Å². The second-order valence-corrected chi connectivity index (χ2v) is 7.19. The fourth-order valence-corrected chi connectivity index (χ4v) is 3.48. The number of aryl methyl sites for hydroxylation is 1. The molecule has 0 atom stereocenters. The summed E-state index contributed by atoms with van der Waals surface area (Å²) >= 11 is 5.95. The Morgan fingerprint density at radius 1 is 1.12 bits per heavy atom. The molecule has 1 fully saturated rings. The molecule has 1 aliphatic heterocycles. The van der Waals surface area contributed by atoms with Crippen molar-refractivity contribution in [1.29, 1.82) is 0 Å². The van der Waals surface area contributed by atoms with E-state index in [1.165, 1.54) is 0 Å². The molecule has 0 aromatic heterocycles. The van der Waals surface area contributed by atoms with Crippen LogP contribution >= 0.6 is 11.6 Å². The molecule has 1 saturated heterocycles. The van der Waals surface area contributed by atoms with Gasteiger partial charge in [0, 0.05) is 29.7 Å². The van der Waals surface area contributed by atoms with E-state index >= 15 is 0 Å². The standard InChI is InChI=1S/C21H23ClN2O2/c1-15-5-2-3-6-17(15)13-20(25)24-11-9-16(10-12-24)21(26)23-19-8-4-7-18(22)14-19/h2-8,14,16H,9-13H2,1H3,(H,23,26). The largest absolute Gasteiger partial charge is 0.342 e. The molecule has 3 rings (SSSR count). The first-order valence-electron chi connectivity index (χ1n) is 8.91. The summed E-state index contributed by atoms with van der Waals surface area (Å²) in [5.41, 5.74) is 2.91. The van der Waals surface area contributed by atoms with Gasteiger partial charge in [0.05, 0.1) is 6.42 Å². The van der Waals surface area contributed by atoms with Crippen LogP contribution < -0.4 is 5.32 Å². The lowest BCUT2D eigenvalue weighted by molar-refractivity contribution is -0.133. The molecule has 0 unspecified atom stereocenters. The van der Waals surface area contributed by atoms with Crippen molar-refractivity contribution in [3.05, 3.63) is 64.7 Å². The van der Waals surface area contributed by atoms with E-state index in [4.69, 9.17) is 11.6 Å². The van der Waals surface area contributed by atoms with Crippen LogP contribution in [0, 0.1) is 12.8 Å². The third-order valence-corrected chi connectivity index (χ3v) is 5.15. The second-order valence-electron chi connectivity index (χ2n) is 6.76. The molecule has 0 spiro atoms. The minimum absolute atomic E-state index is 0.00160. The number of amides is 2. The van der Waals surface area contributed by atoms with Crippen LogP contribution in [0.2, 0.25) is 5.02 Å². The molecule has 1 heterocycles. The van der Waals surface area contributed by atoms with Gasteiger partial charge in [0.15, 0.2) is 0 Å². The summed E-state index contributed by atoms with van der Waals surface area (Å²) in [6.07, 6.45) is 1.80. The van der Waals surface area contributed by atoms with Gasteiger partial charge in [0.25, 0.3) is 0 Å². The first-order chi connectivity index (χ1) is 12.5. The number of hydrogen-bond acceptors (Lipinski definition) is 2. The number of piperidine rings is 1. The van der Waals surface area contributed by atoms with E-state index in [9.17, 15) is 9.59 Å². The van der Waals surface area contributed by atoms with Gasteiger partial charge in [-0.2, -0.15) is 0 Å². The summed E-state index contributed by atoms with van der Waals surface area (Å²) in [6, 6.07) is 15.1. The summed E-state index contributed by atoms with van der Waals surface area (Å²) in [5.74, 6) is 0.0581. The lowest BCUT2D eigenvalue weighted by Gasteiger charge is -2.31. The maximum Gasteiger partial charge on any atom is 0.227 e. The molecule has 0 radical (unpaired) electrons. The summed E-state index contributed by atoms with van der Waals surface area (Å²) in [5, 5.41) is 3.51. The maximum atomic E-state index is 12.5. The Hall–Kier alpha value is -2.33. The monoisotopic (exact) mass is 370 g/mol. The van der Waals surface area contributed by atoms with Crippen molar-refractivity contribution in [3.8, 4) is 0 Å². The molecular formula is C21H23ClN2O2. The van der Waals surface area contributed by atoms with Gasteiger partial charge in [-0.15, -0.1) is 0 Å². The van der Waals surface area contributed by atoms with E-state index in [0.717, 1.165) is 11.1 Å². The van der Waals surface area contributed by atoms with Crippen molar-refractivity contribution in [2.75, 3.05) is 18.4 Å². The number of carbonyl (C=O) groups is 2. The number of nitrogens with one attached hydrogen (secondary N) is 1. The van der Waals surface area contributed by atoms with Crippen LogP contribution in [0.1, 0.15) is 24.0 Å². The molecular weight excluding hydrogens is 348 g/mol. The molecule has 0 saturated carbocycles. The number of halogens is 1. The number of anilines is 1. The van der Waals surface area contributed by atoms with Crippen LogP contribution in [0.5, 0.6) is 0 Å². The van der Waals surface area contributed by atoms with Gasteiger partial charge in [-0.05, 0) is 49.1 Å². The van der Waals surface area contributed by atoms with Gasteiger partial charge in [-0.1, -0.05) is 41.9 Å². The van der Waals surface area contributed by atoms with Gasteiger partial charge < -0.3 is 10.2 Å². The van der Waals surface area contributed by atoms with E-state index in [0.29, 0.717) is 43.1 Å². The highest BCUT2D eigenvalue weighted by Crippen LogP contribution is 2.22. The van der Waals surface area contributed by atoms with Crippen molar-refractivity contribution in [1.82, 2.24) is 4.90 Å². The summed E-state index contributed by atoms with van der Waals surface area (Å²) in [4.78, 5) is 26.8. The van der Waals surface area contributed by atoms with Crippen molar-refractivity contribution in [3.63, 3.8) is 0 Å². The first kappa shape index (κ1) is 18.5. The second kappa shape index (κ2) is 8.37. The molecule has 2 aromatic rings. The lowest BCUT2D eigenvalue weighted by Crippen LogP contribution is -2.42. The van der Waals surface area contributed by atoms with Crippen LogP contribution in [-0.2, 0) is 16.0 Å². The molecule has 5 heteroatoms. The number of hydrogen-bond donors (Lipinski definition) is 1. The van der Waals surface area contributed by atoms with Gasteiger partial charge in [-0.25, -0.2) is 0 Å². The van der Waals surface area contributed by atoms with Crippen LogP contribution in [0.25, 0.3) is 0 Å². The zero-order valence-corrected chi connectivity index (χ0v) is 15.6. The number of rotatable bonds is 4. The molecule has 0 aliphatic carbocycles. The van der Waals surface area contributed by atoms with E-state index in [-0.39, 0.29) is 17.7 Å². The predicted octanol–water partition coefficient (Wildman–Crippen LogP) is 4.07. The smallest absolute Gasteiger partial charge is 0.227 e. The third-order valence-electron chi connectivity index (χ3n) is 4.91. The molecule has 2 aromatic carbocycles. The average molecular weight is 371 g/mol. The molecule has 4 nitrogen and oxygen atoms in total. The minimum Gasteiger partial charge on any atom is -0.342 e. The minimum atomic E-state index is -0.0727. The van der Waals surface area contributed by atoms with Gasteiger partial charge in [0.2, 0.25) is 11.8 Å². The third kappa shape index (κ3) is 4.64. The molecule has 136 valence electrons. The molecule has 26 heavy (non-hydrogen) atoms. The Morgan fingerprint density at radius 3 is 2.54 bits per heavy atom. The van der Waals surface area contributed by atoms with E-state index in [1.807, 2.05) is 48.2 Å². The number of nitrogens with zero attached hydrogens (tertiary/aromatic N) is 1. The van der Waals surface area contributed by atoms with Gasteiger partial charge in [-0.3, -0.25) is 9.59 Å². The fraction of sp³-hybridized carbons (Fsp3) is 0.333. The fourth-order valence-electron chi connectivity index (χ4n) is 3.28. The normalized spacial score (nSPS) is 14.9. The Kier molecular flexibility index (Phi) is 5.94. The van der Waals surface area contributed by atoms with Gasteiger partial charge >= 0.3 is 0 Å². The van der Waals surface area contributed by atoms with Crippen molar-refractivity contribution in [2.45, 2.75) is 26.2 Å². The molecule has 0 bridgehead atoms.